The van der Waals surface area contributed by atoms with Crippen molar-refractivity contribution in [1.82, 2.24) is 4.90 Å². The zero-order chi connectivity index (χ0) is 15.4. The molecule has 0 saturated heterocycles. The van der Waals surface area contributed by atoms with Crippen molar-refractivity contribution in [3.8, 4) is 0 Å². The number of hydrogen-bond acceptors (Lipinski definition) is 2. The molecule has 0 saturated carbocycles. The third-order valence-electron chi connectivity index (χ3n) is 4.15. The van der Waals surface area contributed by atoms with Crippen LogP contribution in [0.4, 0.5) is 0 Å². The van der Waals surface area contributed by atoms with Gasteiger partial charge in [-0.25, -0.2) is 0 Å². The van der Waals surface area contributed by atoms with Gasteiger partial charge in [0.1, 0.15) is 0 Å². The van der Waals surface area contributed by atoms with Crippen LogP contribution in [0.25, 0.3) is 10.8 Å². The Kier molecular flexibility index (Phi) is 4.97. The SMILES string of the molecule is CCN(C(C)CC(=O)O)C(C)c1ccc2ccccc2c1. The van der Waals surface area contributed by atoms with Crippen molar-refractivity contribution in [2.24, 2.45) is 0 Å². The average molecular weight is 285 g/mol. The normalized spacial score (nSPS) is 14.3. The van der Waals surface area contributed by atoms with Crippen LogP contribution < -0.4 is 0 Å². The zero-order valence-electron chi connectivity index (χ0n) is 12.9. The van der Waals surface area contributed by atoms with Crippen LogP contribution in [0, 0.1) is 0 Å². The maximum Gasteiger partial charge on any atom is 0.304 e. The number of carbonyl (C=O) groups is 1. The summed E-state index contributed by atoms with van der Waals surface area (Å²) in [6.45, 7) is 7.04. The predicted octanol–water partition coefficient (Wildman–Crippen LogP) is 4.09. The summed E-state index contributed by atoms with van der Waals surface area (Å²) in [6, 6.07) is 15.0. The Bertz CT molecular complexity index is 623. The van der Waals surface area contributed by atoms with Crippen molar-refractivity contribution < 1.29 is 9.90 Å². The van der Waals surface area contributed by atoms with Crippen molar-refractivity contribution in [3.63, 3.8) is 0 Å². The second-order valence-corrected chi connectivity index (χ2v) is 5.56. The predicted molar refractivity (Wildman–Crippen MR) is 86.5 cm³/mol. The fourth-order valence-corrected chi connectivity index (χ4v) is 3.00. The van der Waals surface area contributed by atoms with Crippen LogP contribution in [-0.4, -0.2) is 28.6 Å². The molecular weight excluding hydrogens is 262 g/mol. The zero-order valence-corrected chi connectivity index (χ0v) is 12.9. The average Bonchev–Trinajstić information content (AvgIpc) is 2.46. The number of hydrogen-bond donors (Lipinski definition) is 1. The van der Waals surface area contributed by atoms with Gasteiger partial charge in [-0.15, -0.1) is 0 Å². The summed E-state index contributed by atoms with van der Waals surface area (Å²) in [4.78, 5) is 13.2. The molecule has 1 N–H and O–H groups in total. The number of rotatable bonds is 6. The fourth-order valence-electron chi connectivity index (χ4n) is 3.00. The molecule has 0 heterocycles. The van der Waals surface area contributed by atoms with E-state index in [0.29, 0.717) is 0 Å². The van der Waals surface area contributed by atoms with Crippen LogP contribution in [0.3, 0.4) is 0 Å². The molecule has 0 aliphatic rings. The molecule has 2 aromatic carbocycles. The van der Waals surface area contributed by atoms with Gasteiger partial charge in [0.15, 0.2) is 0 Å². The van der Waals surface area contributed by atoms with E-state index >= 15 is 0 Å². The summed E-state index contributed by atoms with van der Waals surface area (Å²) in [6.07, 6.45) is 0.172. The highest BCUT2D eigenvalue weighted by Crippen LogP contribution is 2.26. The molecule has 2 aromatic rings. The number of fused-ring (bicyclic) bond motifs is 1. The summed E-state index contributed by atoms with van der Waals surface area (Å²) in [5, 5.41) is 11.5. The van der Waals surface area contributed by atoms with Gasteiger partial charge in [0.2, 0.25) is 0 Å². The third kappa shape index (κ3) is 3.61. The van der Waals surface area contributed by atoms with Crippen molar-refractivity contribution in [3.05, 3.63) is 48.0 Å². The minimum absolute atomic E-state index is 0.0222. The number of carboxylic acids is 1. The summed E-state index contributed by atoms with van der Waals surface area (Å²) in [5.41, 5.74) is 1.23. The second-order valence-electron chi connectivity index (χ2n) is 5.56. The number of aliphatic carboxylic acids is 1. The summed E-state index contributed by atoms with van der Waals surface area (Å²) >= 11 is 0. The third-order valence-corrected chi connectivity index (χ3v) is 4.15. The molecule has 0 radical (unpaired) electrons. The number of carboxylic acid groups (broad SMARTS) is 1. The van der Waals surface area contributed by atoms with Crippen LogP contribution in [-0.2, 0) is 4.79 Å². The largest absolute Gasteiger partial charge is 0.481 e. The molecule has 112 valence electrons. The van der Waals surface area contributed by atoms with Gasteiger partial charge in [-0.2, -0.15) is 0 Å². The molecule has 0 aliphatic carbocycles. The highest BCUT2D eigenvalue weighted by atomic mass is 16.4. The Morgan fingerprint density at radius 3 is 2.43 bits per heavy atom. The van der Waals surface area contributed by atoms with Crippen LogP contribution in [0.15, 0.2) is 42.5 Å². The highest BCUT2D eigenvalue weighted by molar-refractivity contribution is 5.83. The van der Waals surface area contributed by atoms with Crippen LogP contribution in [0.2, 0.25) is 0 Å². The molecule has 0 spiro atoms. The van der Waals surface area contributed by atoms with Crippen LogP contribution in [0.5, 0.6) is 0 Å². The summed E-state index contributed by atoms with van der Waals surface area (Å²) in [7, 11) is 0. The molecule has 21 heavy (non-hydrogen) atoms. The van der Waals surface area contributed by atoms with E-state index in [4.69, 9.17) is 5.11 Å². The lowest BCUT2D eigenvalue weighted by Crippen LogP contribution is -2.36. The van der Waals surface area contributed by atoms with Gasteiger partial charge in [-0.05, 0) is 42.8 Å². The Hall–Kier alpha value is -1.87. The first kappa shape index (κ1) is 15.5. The quantitative estimate of drug-likeness (QED) is 0.869. The monoisotopic (exact) mass is 285 g/mol. The van der Waals surface area contributed by atoms with Gasteiger partial charge in [0, 0.05) is 12.1 Å². The highest BCUT2D eigenvalue weighted by Gasteiger charge is 2.21. The molecule has 3 heteroatoms. The summed E-state index contributed by atoms with van der Waals surface area (Å²) in [5.74, 6) is -0.744. The van der Waals surface area contributed by atoms with E-state index in [9.17, 15) is 4.79 Å². The maximum atomic E-state index is 10.9. The maximum absolute atomic E-state index is 10.9. The molecule has 0 amide bonds. The molecule has 2 atom stereocenters. The molecule has 0 bridgehead atoms. The van der Waals surface area contributed by atoms with Gasteiger partial charge in [0.25, 0.3) is 0 Å². The minimum Gasteiger partial charge on any atom is -0.481 e. The number of nitrogens with zero attached hydrogens (tertiary/aromatic N) is 1. The Labute approximate surface area is 126 Å². The Morgan fingerprint density at radius 2 is 1.81 bits per heavy atom. The minimum atomic E-state index is -0.744. The molecule has 2 unspecified atom stereocenters. The molecule has 2 rings (SSSR count). The van der Waals surface area contributed by atoms with Gasteiger partial charge < -0.3 is 5.11 Å². The van der Waals surface area contributed by atoms with Crippen LogP contribution in [0.1, 0.15) is 38.8 Å². The lowest BCUT2D eigenvalue weighted by molar-refractivity contribution is -0.138. The fraction of sp³-hybridized carbons (Fsp3) is 0.389. The standard InChI is InChI=1S/C18H23NO2/c1-4-19(13(2)11-18(20)21)14(3)16-10-9-15-7-5-6-8-17(15)12-16/h5-10,12-14H,4,11H2,1-3H3,(H,20,21). The van der Waals surface area contributed by atoms with E-state index in [2.05, 4.69) is 49.1 Å². The molecule has 3 nitrogen and oxygen atoms in total. The van der Waals surface area contributed by atoms with Crippen molar-refractivity contribution in [1.29, 1.82) is 0 Å². The lowest BCUT2D eigenvalue weighted by atomic mass is 10.0. The summed E-state index contributed by atoms with van der Waals surface area (Å²) < 4.78 is 0. The lowest BCUT2D eigenvalue weighted by Gasteiger charge is -2.33. The first-order chi connectivity index (χ1) is 10.0. The molecule has 0 fully saturated rings. The van der Waals surface area contributed by atoms with Gasteiger partial charge in [-0.3, -0.25) is 9.69 Å². The Balaban J connectivity index is 2.26. The van der Waals surface area contributed by atoms with E-state index in [1.165, 1.54) is 16.3 Å². The van der Waals surface area contributed by atoms with E-state index < -0.39 is 5.97 Å². The second kappa shape index (κ2) is 6.72. The first-order valence-corrected chi connectivity index (χ1v) is 7.49. The molecule has 0 aliphatic heterocycles. The van der Waals surface area contributed by atoms with Crippen molar-refractivity contribution in [2.45, 2.75) is 39.3 Å². The number of benzene rings is 2. The van der Waals surface area contributed by atoms with E-state index in [1.807, 2.05) is 19.1 Å². The van der Waals surface area contributed by atoms with Gasteiger partial charge in [-0.1, -0.05) is 43.3 Å². The Morgan fingerprint density at radius 1 is 1.14 bits per heavy atom. The van der Waals surface area contributed by atoms with Crippen molar-refractivity contribution >= 4 is 16.7 Å². The molecule has 0 aromatic heterocycles. The van der Waals surface area contributed by atoms with E-state index in [0.717, 1.165) is 6.54 Å². The van der Waals surface area contributed by atoms with E-state index in [1.54, 1.807) is 0 Å². The van der Waals surface area contributed by atoms with Crippen molar-refractivity contribution in [2.75, 3.05) is 6.54 Å². The smallest absolute Gasteiger partial charge is 0.304 e. The first-order valence-electron chi connectivity index (χ1n) is 7.49. The molecular formula is C18H23NO2. The van der Waals surface area contributed by atoms with Crippen LogP contribution >= 0.6 is 0 Å². The topological polar surface area (TPSA) is 40.5 Å². The van der Waals surface area contributed by atoms with Gasteiger partial charge >= 0.3 is 5.97 Å². The van der Waals surface area contributed by atoms with Gasteiger partial charge in [0.05, 0.1) is 6.42 Å². The van der Waals surface area contributed by atoms with E-state index in [-0.39, 0.29) is 18.5 Å².